The SMILES string of the molecule is CCCCCCOc1ccc(C2CCC(/C=C/c3ccc(C4CCC(C)CC4)c(F)c3F)CC2)cc1F. The Labute approximate surface area is 221 Å². The molecule has 4 rings (SSSR count). The molecule has 2 fully saturated rings. The second-order valence-electron chi connectivity index (χ2n) is 11.4. The quantitative estimate of drug-likeness (QED) is 0.288. The van der Waals surface area contributed by atoms with Crippen LogP contribution in [0.3, 0.4) is 0 Å². The van der Waals surface area contributed by atoms with Crippen LogP contribution >= 0.6 is 0 Å². The van der Waals surface area contributed by atoms with E-state index >= 15 is 0 Å². The van der Waals surface area contributed by atoms with Gasteiger partial charge in [0.05, 0.1) is 6.61 Å². The molecule has 2 saturated carbocycles. The molecule has 37 heavy (non-hydrogen) atoms. The van der Waals surface area contributed by atoms with Crippen LogP contribution in [0.5, 0.6) is 5.75 Å². The summed E-state index contributed by atoms with van der Waals surface area (Å²) in [6.07, 6.45) is 16.1. The Bertz CT molecular complexity index is 1030. The van der Waals surface area contributed by atoms with Crippen LogP contribution in [0.4, 0.5) is 13.2 Å². The molecule has 0 aromatic heterocycles. The van der Waals surface area contributed by atoms with Crippen LogP contribution in [0.15, 0.2) is 36.4 Å². The molecule has 0 atom stereocenters. The monoisotopic (exact) mass is 512 g/mol. The van der Waals surface area contributed by atoms with Gasteiger partial charge in [0, 0.05) is 5.56 Å². The average Bonchev–Trinajstić information content (AvgIpc) is 2.91. The molecule has 2 aromatic rings. The van der Waals surface area contributed by atoms with Crippen molar-refractivity contribution in [3.8, 4) is 5.75 Å². The van der Waals surface area contributed by atoms with Gasteiger partial charge in [-0.15, -0.1) is 0 Å². The molecular formula is C33H43F3O. The second-order valence-corrected chi connectivity index (χ2v) is 11.4. The van der Waals surface area contributed by atoms with Gasteiger partial charge in [-0.25, -0.2) is 13.2 Å². The fourth-order valence-corrected chi connectivity index (χ4v) is 6.08. The van der Waals surface area contributed by atoms with Gasteiger partial charge in [-0.2, -0.15) is 0 Å². The molecule has 2 aliphatic rings. The summed E-state index contributed by atoms with van der Waals surface area (Å²) in [7, 11) is 0. The third-order valence-corrected chi connectivity index (χ3v) is 8.60. The summed E-state index contributed by atoms with van der Waals surface area (Å²) in [5.41, 5.74) is 1.90. The Morgan fingerprint density at radius 1 is 0.811 bits per heavy atom. The van der Waals surface area contributed by atoms with Gasteiger partial charge in [0.2, 0.25) is 0 Å². The Kier molecular flexibility index (Phi) is 10.2. The first-order valence-electron chi connectivity index (χ1n) is 14.5. The molecule has 0 N–H and O–H groups in total. The predicted molar refractivity (Wildman–Crippen MR) is 147 cm³/mol. The number of rotatable bonds is 10. The number of hydrogen-bond acceptors (Lipinski definition) is 1. The van der Waals surface area contributed by atoms with Crippen molar-refractivity contribution in [2.24, 2.45) is 11.8 Å². The van der Waals surface area contributed by atoms with Crippen LogP contribution < -0.4 is 4.74 Å². The molecule has 0 saturated heterocycles. The van der Waals surface area contributed by atoms with Crippen LogP contribution in [0, 0.1) is 29.3 Å². The third kappa shape index (κ3) is 7.42. The topological polar surface area (TPSA) is 9.23 Å². The van der Waals surface area contributed by atoms with Gasteiger partial charge >= 0.3 is 0 Å². The molecule has 2 aromatic carbocycles. The summed E-state index contributed by atoms with van der Waals surface area (Å²) in [5, 5.41) is 0. The Morgan fingerprint density at radius 2 is 1.54 bits per heavy atom. The highest BCUT2D eigenvalue weighted by molar-refractivity contribution is 5.52. The van der Waals surface area contributed by atoms with E-state index in [2.05, 4.69) is 13.8 Å². The van der Waals surface area contributed by atoms with E-state index in [1.54, 1.807) is 30.3 Å². The van der Waals surface area contributed by atoms with Crippen molar-refractivity contribution in [2.45, 2.75) is 103 Å². The normalized spacial score (nSPS) is 24.5. The highest BCUT2D eigenvalue weighted by Crippen LogP contribution is 2.39. The van der Waals surface area contributed by atoms with Crippen LogP contribution in [0.2, 0.25) is 0 Å². The van der Waals surface area contributed by atoms with Gasteiger partial charge in [-0.3, -0.25) is 0 Å². The molecule has 0 bridgehead atoms. The van der Waals surface area contributed by atoms with Crippen molar-refractivity contribution in [3.05, 3.63) is 70.5 Å². The molecular weight excluding hydrogens is 469 g/mol. The second kappa shape index (κ2) is 13.5. The lowest BCUT2D eigenvalue weighted by Gasteiger charge is -2.27. The van der Waals surface area contributed by atoms with Crippen molar-refractivity contribution >= 4 is 6.08 Å². The molecule has 202 valence electrons. The zero-order valence-corrected chi connectivity index (χ0v) is 22.6. The van der Waals surface area contributed by atoms with E-state index in [0.717, 1.165) is 69.8 Å². The smallest absolute Gasteiger partial charge is 0.166 e. The van der Waals surface area contributed by atoms with Crippen molar-refractivity contribution in [1.82, 2.24) is 0 Å². The highest BCUT2D eigenvalue weighted by atomic mass is 19.2. The Morgan fingerprint density at radius 3 is 2.24 bits per heavy atom. The van der Waals surface area contributed by atoms with Gasteiger partial charge in [0.1, 0.15) is 0 Å². The average molecular weight is 513 g/mol. The van der Waals surface area contributed by atoms with Crippen LogP contribution in [-0.4, -0.2) is 6.61 Å². The van der Waals surface area contributed by atoms with E-state index in [1.165, 1.54) is 12.8 Å². The first-order valence-corrected chi connectivity index (χ1v) is 14.5. The molecule has 0 unspecified atom stereocenters. The number of hydrogen-bond donors (Lipinski definition) is 0. The van der Waals surface area contributed by atoms with Crippen molar-refractivity contribution in [1.29, 1.82) is 0 Å². The van der Waals surface area contributed by atoms with Gasteiger partial charge in [-0.05, 0) is 91.9 Å². The zero-order valence-electron chi connectivity index (χ0n) is 22.6. The fraction of sp³-hybridized carbons (Fsp3) is 0.576. The van der Waals surface area contributed by atoms with Crippen LogP contribution in [0.1, 0.15) is 119 Å². The maximum absolute atomic E-state index is 14.9. The van der Waals surface area contributed by atoms with E-state index in [1.807, 2.05) is 12.1 Å². The van der Waals surface area contributed by atoms with E-state index in [9.17, 15) is 13.2 Å². The molecule has 0 amide bonds. The number of allylic oxidation sites excluding steroid dienone is 1. The molecule has 2 aliphatic carbocycles. The predicted octanol–water partition coefficient (Wildman–Crippen LogP) is 10.3. The maximum Gasteiger partial charge on any atom is 0.166 e. The molecule has 0 aliphatic heterocycles. The Hall–Kier alpha value is -2.23. The van der Waals surface area contributed by atoms with Crippen LogP contribution in [-0.2, 0) is 0 Å². The minimum atomic E-state index is -0.718. The van der Waals surface area contributed by atoms with Crippen LogP contribution in [0.25, 0.3) is 6.08 Å². The summed E-state index contributed by atoms with van der Waals surface area (Å²) in [6.45, 7) is 4.95. The third-order valence-electron chi connectivity index (χ3n) is 8.60. The summed E-state index contributed by atoms with van der Waals surface area (Å²) in [4.78, 5) is 0. The highest BCUT2D eigenvalue weighted by Gasteiger charge is 2.25. The van der Waals surface area contributed by atoms with Gasteiger partial charge in [0.25, 0.3) is 0 Å². The van der Waals surface area contributed by atoms with Gasteiger partial charge < -0.3 is 4.74 Å². The largest absolute Gasteiger partial charge is 0.491 e. The van der Waals surface area contributed by atoms with Gasteiger partial charge in [-0.1, -0.05) is 76.3 Å². The molecule has 1 nitrogen and oxygen atoms in total. The number of unbranched alkanes of at least 4 members (excludes halogenated alkanes) is 3. The number of halogens is 3. The van der Waals surface area contributed by atoms with Crippen molar-refractivity contribution in [2.75, 3.05) is 6.61 Å². The molecule has 0 heterocycles. The molecule has 4 heteroatoms. The molecule has 0 radical (unpaired) electrons. The lowest BCUT2D eigenvalue weighted by atomic mass is 9.78. The minimum absolute atomic E-state index is 0.135. The van der Waals surface area contributed by atoms with E-state index in [-0.39, 0.29) is 11.7 Å². The molecule has 0 spiro atoms. The lowest BCUT2D eigenvalue weighted by Crippen LogP contribution is -2.13. The van der Waals surface area contributed by atoms with Crippen molar-refractivity contribution in [3.63, 3.8) is 0 Å². The number of ether oxygens (including phenoxy) is 1. The fourth-order valence-electron chi connectivity index (χ4n) is 6.08. The van der Waals surface area contributed by atoms with E-state index in [4.69, 9.17) is 4.74 Å². The Balaban J connectivity index is 1.29. The number of benzene rings is 2. The van der Waals surface area contributed by atoms with E-state index < -0.39 is 11.6 Å². The van der Waals surface area contributed by atoms with Crippen molar-refractivity contribution < 1.29 is 17.9 Å². The summed E-state index contributed by atoms with van der Waals surface area (Å²) >= 11 is 0. The maximum atomic E-state index is 14.9. The first kappa shape index (κ1) is 27.8. The summed E-state index contributed by atoms with van der Waals surface area (Å²) in [5.74, 6) is 0.145. The summed E-state index contributed by atoms with van der Waals surface area (Å²) < 4.78 is 50.0. The standard InChI is InChI=1S/C33H43F3O/c1-3-4-5-6-21-37-31-20-18-28(22-30(31)34)25-14-9-24(10-15-25)11-16-27-17-19-29(33(36)32(27)35)26-12-7-23(2)8-13-26/h11,16-20,22-26H,3-10,12-15,21H2,1-2H3/b16-11+. The first-order chi connectivity index (χ1) is 18.0. The lowest BCUT2D eigenvalue weighted by molar-refractivity contribution is 0.290. The zero-order chi connectivity index (χ0) is 26.2. The van der Waals surface area contributed by atoms with E-state index in [0.29, 0.717) is 41.2 Å². The minimum Gasteiger partial charge on any atom is -0.491 e. The van der Waals surface area contributed by atoms with Gasteiger partial charge in [0.15, 0.2) is 23.2 Å². The summed E-state index contributed by atoms with van der Waals surface area (Å²) in [6, 6.07) is 8.94.